The molecule has 2 aromatic rings. The molecule has 1 N–H and O–H groups in total. The second-order valence-electron chi connectivity index (χ2n) is 6.29. The van der Waals surface area contributed by atoms with Gasteiger partial charge in [-0.15, -0.1) is 0 Å². The minimum absolute atomic E-state index is 0.275. The molecule has 0 saturated carbocycles. The molecular weight excluding hydrogens is 389 g/mol. The zero-order valence-corrected chi connectivity index (χ0v) is 16.3. The number of esters is 1. The second-order valence-corrected chi connectivity index (χ2v) is 7.11. The Kier molecular flexibility index (Phi) is 6.24. The third kappa shape index (κ3) is 4.93. The Labute approximate surface area is 167 Å². The Bertz CT molecular complexity index is 849. The summed E-state index contributed by atoms with van der Waals surface area (Å²) in [7, 11) is 0. The number of benzene rings is 2. The maximum absolute atomic E-state index is 12.2. The molecule has 1 atom stereocenters. The molecule has 0 aliphatic heterocycles. The Hall–Kier alpha value is -2.24. The third-order valence-corrected chi connectivity index (χ3v) is 4.94. The molecule has 1 aliphatic carbocycles. The molecule has 3 rings (SSSR count). The molecule has 27 heavy (non-hydrogen) atoms. The molecule has 7 heteroatoms. The molecule has 1 aliphatic rings. The maximum Gasteiger partial charge on any atom is 0.344 e. The minimum Gasteiger partial charge on any atom is -0.482 e. The van der Waals surface area contributed by atoms with E-state index in [1.54, 1.807) is 18.2 Å². The van der Waals surface area contributed by atoms with E-state index in [4.69, 9.17) is 32.7 Å². The van der Waals surface area contributed by atoms with Gasteiger partial charge >= 0.3 is 5.97 Å². The van der Waals surface area contributed by atoms with Gasteiger partial charge in [-0.1, -0.05) is 35.3 Å². The fourth-order valence-electron chi connectivity index (χ4n) is 2.91. The number of nitrogens with one attached hydrogen (secondary N) is 1. The molecular formula is C20H19Cl2NO4. The fourth-order valence-corrected chi connectivity index (χ4v) is 3.40. The van der Waals surface area contributed by atoms with Crippen molar-refractivity contribution in [2.24, 2.45) is 0 Å². The zero-order valence-electron chi connectivity index (χ0n) is 14.8. The number of carbonyl (C=O) groups is 2. The number of hydrogen-bond acceptors (Lipinski definition) is 4. The van der Waals surface area contributed by atoms with E-state index in [1.165, 1.54) is 18.1 Å². The highest BCUT2D eigenvalue weighted by atomic mass is 35.5. The van der Waals surface area contributed by atoms with E-state index in [0.717, 1.165) is 19.3 Å². The number of rotatable bonds is 6. The monoisotopic (exact) mass is 407 g/mol. The van der Waals surface area contributed by atoms with E-state index in [-0.39, 0.29) is 12.3 Å². The Morgan fingerprint density at radius 3 is 2.56 bits per heavy atom. The molecule has 0 unspecified atom stereocenters. The van der Waals surface area contributed by atoms with Crippen molar-refractivity contribution in [2.75, 3.05) is 11.9 Å². The first-order valence-corrected chi connectivity index (χ1v) is 9.38. The van der Waals surface area contributed by atoms with Gasteiger partial charge in [-0.05, 0) is 61.6 Å². The van der Waals surface area contributed by atoms with Crippen molar-refractivity contribution in [3.05, 3.63) is 57.6 Å². The summed E-state index contributed by atoms with van der Waals surface area (Å²) < 4.78 is 10.6. The predicted molar refractivity (Wildman–Crippen MR) is 105 cm³/mol. The molecule has 1 amide bonds. The van der Waals surface area contributed by atoms with E-state index in [1.807, 2.05) is 18.2 Å². The number of ether oxygens (including phenoxy) is 2. The molecule has 2 aromatic carbocycles. The predicted octanol–water partition coefficient (Wildman–Crippen LogP) is 4.43. The highest BCUT2D eigenvalue weighted by Crippen LogP contribution is 2.30. The van der Waals surface area contributed by atoms with Gasteiger partial charge in [-0.25, -0.2) is 4.79 Å². The summed E-state index contributed by atoms with van der Waals surface area (Å²) in [6.45, 7) is 1.19. The maximum atomic E-state index is 12.2. The van der Waals surface area contributed by atoms with Crippen LogP contribution in [0.3, 0.4) is 0 Å². The lowest BCUT2D eigenvalue weighted by Gasteiger charge is -2.15. The first-order valence-electron chi connectivity index (χ1n) is 8.63. The molecule has 0 saturated heterocycles. The lowest BCUT2D eigenvalue weighted by molar-refractivity contribution is -0.155. The Morgan fingerprint density at radius 1 is 1.11 bits per heavy atom. The molecule has 0 fully saturated rings. The molecule has 142 valence electrons. The highest BCUT2D eigenvalue weighted by molar-refractivity contribution is 6.39. The Morgan fingerprint density at radius 2 is 1.81 bits per heavy atom. The molecule has 0 spiro atoms. The van der Waals surface area contributed by atoms with E-state index >= 15 is 0 Å². The van der Waals surface area contributed by atoms with Crippen LogP contribution >= 0.6 is 23.2 Å². The van der Waals surface area contributed by atoms with Crippen molar-refractivity contribution in [1.29, 1.82) is 0 Å². The number of halogens is 2. The quantitative estimate of drug-likeness (QED) is 0.719. The molecule has 0 radical (unpaired) electrons. The summed E-state index contributed by atoms with van der Waals surface area (Å²) >= 11 is 12.0. The van der Waals surface area contributed by atoms with E-state index in [9.17, 15) is 9.59 Å². The van der Waals surface area contributed by atoms with Crippen LogP contribution in [0.25, 0.3) is 0 Å². The average molecular weight is 408 g/mol. The number of anilines is 1. The fraction of sp³-hybridized carbons (Fsp3) is 0.300. The van der Waals surface area contributed by atoms with Gasteiger partial charge in [0.25, 0.3) is 5.91 Å². The van der Waals surface area contributed by atoms with Gasteiger partial charge in [0.2, 0.25) is 0 Å². The van der Waals surface area contributed by atoms with E-state index in [2.05, 4.69) is 5.32 Å². The molecule has 0 bridgehead atoms. The van der Waals surface area contributed by atoms with Gasteiger partial charge in [-0.3, -0.25) is 4.79 Å². The summed E-state index contributed by atoms with van der Waals surface area (Å²) in [5.74, 6) is -0.549. The number of fused-ring (bicyclic) bond motifs is 1. The average Bonchev–Trinajstić information content (AvgIpc) is 3.10. The first kappa shape index (κ1) is 19.5. The van der Waals surface area contributed by atoms with Gasteiger partial charge in [0, 0.05) is 0 Å². The summed E-state index contributed by atoms with van der Waals surface area (Å²) in [5, 5.41) is 3.17. The summed E-state index contributed by atoms with van der Waals surface area (Å²) in [5.41, 5.74) is 2.86. The number of aryl methyl sites for hydroxylation is 2. The van der Waals surface area contributed by atoms with E-state index < -0.39 is 18.0 Å². The third-order valence-electron chi connectivity index (χ3n) is 4.32. The van der Waals surface area contributed by atoms with Crippen molar-refractivity contribution in [3.8, 4) is 5.75 Å². The second kappa shape index (κ2) is 8.63. The standard InChI is InChI=1S/C20H19Cl2NO4/c1-12(20(25)23-19-16(21)6-3-7-17(19)22)27-18(24)11-26-15-9-8-13-4-2-5-14(13)10-15/h3,6-10,12H,2,4-5,11H2,1H3,(H,23,25)/t12-/m1/s1. The highest BCUT2D eigenvalue weighted by Gasteiger charge is 2.20. The van der Waals surface area contributed by atoms with Gasteiger partial charge in [0.1, 0.15) is 5.75 Å². The van der Waals surface area contributed by atoms with Crippen LogP contribution in [0.4, 0.5) is 5.69 Å². The number of carbonyl (C=O) groups excluding carboxylic acids is 2. The van der Waals surface area contributed by atoms with Crippen LogP contribution < -0.4 is 10.1 Å². The van der Waals surface area contributed by atoms with E-state index in [0.29, 0.717) is 15.8 Å². The van der Waals surface area contributed by atoms with Crippen LogP contribution in [0, 0.1) is 0 Å². The van der Waals surface area contributed by atoms with Crippen LogP contribution in [0.15, 0.2) is 36.4 Å². The smallest absolute Gasteiger partial charge is 0.344 e. The van der Waals surface area contributed by atoms with Crippen molar-refractivity contribution in [3.63, 3.8) is 0 Å². The number of amides is 1. The van der Waals surface area contributed by atoms with Crippen LogP contribution in [-0.2, 0) is 27.2 Å². The van der Waals surface area contributed by atoms with Crippen LogP contribution in [-0.4, -0.2) is 24.6 Å². The SMILES string of the molecule is C[C@@H](OC(=O)COc1ccc2c(c1)CCC2)C(=O)Nc1c(Cl)cccc1Cl. The largest absolute Gasteiger partial charge is 0.482 e. The van der Waals surface area contributed by atoms with Crippen molar-refractivity contribution in [1.82, 2.24) is 0 Å². The molecule has 0 aromatic heterocycles. The minimum atomic E-state index is -1.02. The summed E-state index contributed by atoms with van der Waals surface area (Å²) in [6.07, 6.45) is 2.23. The lowest BCUT2D eigenvalue weighted by Crippen LogP contribution is -2.31. The van der Waals surface area contributed by atoms with Gasteiger partial charge in [0.05, 0.1) is 15.7 Å². The van der Waals surface area contributed by atoms with Crippen LogP contribution in [0.1, 0.15) is 24.5 Å². The van der Waals surface area contributed by atoms with Crippen LogP contribution in [0.5, 0.6) is 5.75 Å². The Balaban J connectivity index is 1.50. The first-order chi connectivity index (χ1) is 12.9. The molecule has 5 nitrogen and oxygen atoms in total. The molecule has 0 heterocycles. The van der Waals surface area contributed by atoms with Gasteiger partial charge < -0.3 is 14.8 Å². The van der Waals surface area contributed by atoms with Gasteiger partial charge in [-0.2, -0.15) is 0 Å². The summed E-state index contributed by atoms with van der Waals surface area (Å²) in [4.78, 5) is 24.2. The normalized spacial score (nSPS) is 13.6. The number of para-hydroxylation sites is 1. The van der Waals surface area contributed by atoms with Crippen molar-refractivity contribution >= 4 is 40.8 Å². The van der Waals surface area contributed by atoms with Crippen molar-refractivity contribution in [2.45, 2.75) is 32.3 Å². The summed E-state index contributed by atoms with van der Waals surface area (Å²) in [6, 6.07) is 10.7. The zero-order chi connectivity index (χ0) is 19.4. The van der Waals surface area contributed by atoms with Crippen LogP contribution in [0.2, 0.25) is 10.0 Å². The topological polar surface area (TPSA) is 64.6 Å². The number of hydrogen-bond donors (Lipinski definition) is 1. The van der Waals surface area contributed by atoms with Gasteiger partial charge in [0.15, 0.2) is 12.7 Å². The lowest BCUT2D eigenvalue weighted by atomic mass is 10.1. The van der Waals surface area contributed by atoms with Crippen molar-refractivity contribution < 1.29 is 19.1 Å².